The van der Waals surface area contributed by atoms with E-state index in [0.29, 0.717) is 6.61 Å². The Morgan fingerprint density at radius 2 is 1.89 bits per heavy atom. The monoisotopic (exact) mass is 275 g/mol. The summed E-state index contributed by atoms with van der Waals surface area (Å²) >= 11 is 6.11. The molecule has 100 valence electrons. The van der Waals surface area contributed by atoms with E-state index in [4.69, 9.17) is 16.3 Å². The highest BCUT2D eigenvalue weighted by molar-refractivity contribution is 6.33. The molecule has 0 bridgehead atoms. The molecular weight excluding hydrogens is 258 g/mol. The molecule has 0 fully saturated rings. The number of ether oxygens (including phenoxy) is 1. The van der Waals surface area contributed by atoms with E-state index in [1.54, 1.807) is 0 Å². The van der Waals surface area contributed by atoms with Gasteiger partial charge in [-0.2, -0.15) is 0 Å². The summed E-state index contributed by atoms with van der Waals surface area (Å²) in [5.74, 6) is 0.913. The third-order valence-electron chi connectivity index (χ3n) is 2.77. The van der Waals surface area contributed by atoms with Crippen molar-refractivity contribution in [3.8, 4) is 5.75 Å². The Kier molecular flexibility index (Phi) is 5.10. The summed E-state index contributed by atoms with van der Waals surface area (Å²) in [6.45, 7) is 3.59. The van der Waals surface area contributed by atoms with Crippen molar-refractivity contribution in [2.24, 2.45) is 0 Å². The molecule has 2 aromatic rings. The van der Waals surface area contributed by atoms with Crippen molar-refractivity contribution < 1.29 is 4.74 Å². The average molecular weight is 276 g/mol. The molecule has 0 amide bonds. The molecule has 3 heteroatoms. The summed E-state index contributed by atoms with van der Waals surface area (Å²) < 4.78 is 5.62. The summed E-state index contributed by atoms with van der Waals surface area (Å²) in [7, 11) is 0. The highest BCUT2D eigenvalue weighted by Crippen LogP contribution is 2.22. The second-order valence-electron chi connectivity index (χ2n) is 4.43. The molecule has 0 aliphatic carbocycles. The quantitative estimate of drug-likeness (QED) is 0.782. The highest BCUT2D eigenvalue weighted by Gasteiger charge is 1.99. The molecule has 2 aromatic carbocycles. The van der Waals surface area contributed by atoms with Crippen LogP contribution in [0.4, 0.5) is 5.69 Å². The van der Waals surface area contributed by atoms with Crippen LogP contribution in [0.2, 0.25) is 5.02 Å². The van der Waals surface area contributed by atoms with Gasteiger partial charge < -0.3 is 10.1 Å². The molecule has 19 heavy (non-hydrogen) atoms. The zero-order valence-electron chi connectivity index (χ0n) is 11.0. The molecule has 0 atom stereocenters. The van der Waals surface area contributed by atoms with E-state index in [1.807, 2.05) is 42.5 Å². The third kappa shape index (κ3) is 4.49. The van der Waals surface area contributed by atoms with Gasteiger partial charge in [-0.25, -0.2) is 0 Å². The van der Waals surface area contributed by atoms with Gasteiger partial charge in [-0.05, 0) is 43.2 Å². The molecule has 2 rings (SSSR count). The standard InChI is InChI=1S/C16H18ClNO/c1-13-8-9-15(17)16(12-13)18-10-5-11-19-14-6-3-2-4-7-14/h2-4,6-9,12,18H,5,10-11H2,1H3. The summed E-state index contributed by atoms with van der Waals surface area (Å²) in [5, 5.41) is 4.09. The molecule has 0 radical (unpaired) electrons. The first-order valence-electron chi connectivity index (χ1n) is 6.43. The first-order chi connectivity index (χ1) is 9.25. The molecule has 0 saturated carbocycles. The Morgan fingerprint density at radius 1 is 1.11 bits per heavy atom. The predicted molar refractivity (Wildman–Crippen MR) is 81.2 cm³/mol. The lowest BCUT2D eigenvalue weighted by atomic mass is 10.2. The zero-order chi connectivity index (χ0) is 13.5. The van der Waals surface area contributed by atoms with E-state index in [2.05, 4.69) is 18.3 Å². The van der Waals surface area contributed by atoms with Crippen LogP contribution in [0.5, 0.6) is 5.75 Å². The van der Waals surface area contributed by atoms with Crippen molar-refractivity contribution in [1.82, 2.24) is 0 Å². The summed E-state index contributed by atoms with van der Waals surface area (Å²) in [5.41, 5.74) is 2.19. The summed E-state index contributed by atoms with van der Waals surface area (Å²) in [4.78, 5) is 0. The number of anilines is 1. The van der Waals surface area contributed by atoms with Crippen molar-refractivity contribution in [2.45, 2.75) is 13.3 Å². The fourth-order valence-corrected chi connectivity index (χ4v) is 1.96. The molecule has 0 aliphatic heterocycles. The Labute approximate surface area is 119 Å². The zero-order valence-corrected chi connectivity index (χ0v) is 11.8. The van der Waals surface area contributed by atoms with Crippen molar-refractivity contribution >= 4 is 17.3 Å². The van der Waals surface area contributed by atoms with Crippen LogP contribution < -0.4 is 10.1 Å². The molecule has 0 spiro atoms. The van der Waals surface area contributed by atoms with Gasteiger partial charge in [0, 0.05) is 6.54 Å². The van der Waals surface area contributed by atoms with E-state index >= 15 is 0 Å². The molecule has 2 nitrogen and oxygen atoms in total. The average Bonchev–Trinajstić information content (AvgIpc) is 2.43. The number of halogens is 1. The largest absolute Gasteiger partial charge is 0.494 e. The lowest BCUT2D eigenvalue weighted by Gasteiger charge is -2.10. The van der Waals surface area contributed by atoms with E-state index in [-0.39, 0.29) is 0 Å². The van der Waals surface area contributed by atoms with Gasteiger partial charge in [0.25, 0.3) is 0 Å². The lowest BCUT2D eigenvalue weighted by Crippen LogP contribution is -2.07. The molecular formula is C16H18ClNO. The van der Waals surface area contributed by atoms with E-state index in [9.17, 15) is 0 Å². The Balaban J connectivity index is 1.71. The van der Waals surface area contributed by atoms with Crippen molar-refractivity contribution in [3.05, 3.63) is 59.1 Å². The first-order valence-corrected chi connectivity index (χ1v) is 6.81. The second-order valence-corrected chi connectivity index (χ2v) is 4.83. The van der Waals surface area contributed by atoms with Gasteiger partial charge in [-0.15, -0.1) is 0 Å². The van der Waals surface area contributed by atoms with Gasteiger partial charge in [0.15, 0.2) is 0 Å². The number of benzene rings is 2. The minimum absolute atomic E-state index is 0.695. The molecule has 0 aliphatic rings. The molecule has 0 aromatic heterocycles. The van der Waals surface area contributed by atoms with E-state index in [0.717, 1.165) is 29.4 Å². The number of aryl methyl sites for hydroxylation is 1. The molecule has 0 saturated heterocycles. The van der Waals surface area contributed by atoms with Crippen molar-refractivity contribution in [3.63, 3.8) is 0 Å². The highest BCUT2D eigenvalue weighted by atomic mass is 35.5. The van der Waals surface area contributed by atoms with Crippen LogP contribution in [-0.4, -0.2) is 13.2 Å². The fraction of sp³-hybridized carbons (Fsp3) is 0.250. The van der Waals surface area contributed by atoms with Crippen LogP contribution in [0.15, 0.2) is 48.5 Å². The maximum atomic E-state index is 6.11. The lowest BCUT2D eigenvalue weighted by molar-refractivity contribution is 0.315. The van der Waals surface area contributed by atoms with Gasteiger partial charge in [0.1, 0.15) is 5.75 Å². The normalized spacial score (nSPS) is 10.2. The molecule has 0 unspecified atom stereocenters. The number of hydrogen-bond acceptors (Lipinski definition) is 2. The summed E-state index contributed by atoms with van der Waals surface area (Å²) in [6, 6.07) is 15.8. The van der Waals surface area contributed by atoms with Crippen LogP contribution in [-0.2, 0) is 0 Å². The first kappa shape index (κ1) is 13.8. The predicted octanol–water partition coefficient (Wildman–Crippen LogP) is 4.53. The fourth-order valence-electron chi connectivity index (χ4n) is 1.78. The number of nitrogens with one attached hydrogen (secondary N) is 1. The van der Waals surface area contributed by atoms with Gasteiger partial charge in [-0.3, -0.25) is 0 Å². The van der Waals surface area contributed by atoms with Crippen molar-refractivity contribution in [1.29, 1.82) is 0 Å². The number of rotatable bonds is 6. The van der Waals surface area contributed by atoms with Crippen LogP contribution in [0.3, 0.4) is 0 Å². The minimum Gasteiger partial charge on any atom is -0.494 e. The second kappa shape index (κ2) is 7.05. The van der Waals surface area contributed by atoms with E-state index < -0.39 is 0 Å². The minimum atomic E-state index is 0.695. The molecule has 1 N–H and O–H groups in total. The van der Waals surface area contributed by atoms with Gasteiger partial charge in [0.2, 0.25) is 0 Å². The Hall–Kier alpha value is -1.67. The number of para-hydroxylation sites is 1. The maximum Gasteiger partial charge on any atom is 0.119 e. The topological polar surface area (TPSA) is 21.3 Å². The van der Waals surface area contributed by atoms with Crippen LogP contribution in [0.1, 0.15) is 12.0 Å². The molecule has 0 heterocycles. The van der Waals surface area contributed by atoms with Gasteiger partial charge >= 0.3 is 0 Å². The van der Waals surface area contributed by atoms with Crippen LogP contribution in [0, 0.1) is 6.92 Å². The SMILES string of the molecule is Cc1ccc(Cl)c(NCCCOc2ccccc2)c1. The Bertz CT molecular complexity index is 513. The third-order valence-corrected chi connectivity index (χ3v) is 3.10. The van der Waals surface area contributed by atoms with E-state index in [1.165, 1.54) is 5.56 Å². The number of hydrogen-bond donors (Lipinski definition) is 1. The maximum absolute atomic E-state index is 6.11. The van der Waals surface area contributed by atoms with Crippen molar-refractivity contribution in [2.75, 3.05) is 18.5 Å². The summed E-state index contributed by atoms with van der Waals surface area (Å²) in [6.07, 6.45) is 0.930. The van der Waals surface area contributed by atoms with Crippen LogP contribution in [0.25, 0.3) is 0 Å². The van der Waals surface area contributed by atoms with Gasteiger partial charge in [0.05, 0.1) is 17.3 Å². The smallest absolute Gasteiger partial charge is 0.119 e. The van der Waals surface area contributed by atoms with Crippen LogP contribution >= 0.6 is 11.6 Å². The van der Waals surface area contributed by atoms with Gasteiger partial charge in [-0.1, -0.05) is 35.9 Å². The Morgan fingerprint density at radius 3 is 2.68 bits per heavy atom.